The molecule has 0 aromatic rings. The lowest BCUT2D eigenvalue weighted by Crippen LogP contribution is -2.25. The van der Waals surface area contributed by atoms with E-state index in [4.69, 9.17) is 4.74 Å². The third-order valence-electron chi connectivity index (χ3n) is 1.51. The first-order chi connectivity index (χ1) is 5.75. The molecule has 1 heterocycles. The van der Waals surface area contributed by atoms with Crippen LogP contribution in [0.15, 0.2) is 11.8 Å². The van der Waals surface area contributed by atoms with Crippen molar-refractivity contribution in [3.8, 4) is 0 Å². The highest BCUT2D eigenvalue weighted by atomic mass is 16.6. The molecule has 1 rings (SSSR count). The van der Waals surface area contributed by atoms with Crippen LogP contribution in [0, 0.1) is 0 Å². The van der Waals surface area contributed by atoms with E-state index in [9.17, 15) is 9.90 Å². The Kier molecular flexibility index (Phi) is 3.10. The average molecular weight is 172 g/mol. The summed E-state index contributed by atoms with van der Waals surface area (Å²) in [6.07, 6.45) is 1.19. The van der Waals surface area contributed by atoms with E-state index in [1.54, 1.807) is 13.0 Å². The van der Waals surface area contributed by atoms with Gasteiger partial charge in [-0.2, -0.15) is 0 Å². The van der Waals surface area contributed by atoms with E-state index >= 15 is 0 Å². The van der Waals surface area contributed by atoms with Gasteiger partial charge in [0.05, 0.1) is 13.2 Å². The molecule has 0 saturated heterocycles. The Labute approximate surface area is 70.8 Å². The van der Waals surface area contributed by atoms with Crippen molar-refractivity contribution < 1.29 is 19.4 Å². The first-order valence-corrected chi connectivity index (χ1v) is 3.93. The monoisotopic (exact) mass is 172 g/mol. The van der Waals surface area contributed by atoms with Crippen LogP contribution in [0.4, 0.5) is 0 Å². The first kappa shape index (κ1) is 9.06. The molecule has 4 heteroatoms. The Balaban J connectivity index is 2.45. The van der Waals surface area contributed by atoms with E-state index in [1.165, 1.54) is 0 Å². The van der Waals surface area contributed by atoms with Gasteiger partial charge < -0.3 is 14.6 Å². The Morgan fingerprint density at radius 3 is 3.17 bits per heavy atom. The highest BCUT2D eigenvalue weighted by Crippen LogP contribution is 2.14. The van der Waals surface area contributed by atoms with Gasteiger partial charge in [-0.05, 0) is 13.0 Å². The number of hydrogen-bond donors (Lipinski definition) is 1. The normalized spacial score (nSPS) is 18.0. The Hall–Kier alpha value is -1.03. The van der Waals surface area contributed by atoms with E-state index in [2.05, 4.69) is 4.74 Å². The summed E-state index contributed by atoms with van der Waals surface area (Å²) in [5, 5.41) is 9.28. The van der Waals surface area contributed by atoms with Gasteiger partial charge in [0.2, 0.25) is 6.10 Å². The van der Waals surface area contributed by atoms with Crippen molar-refractivity contribution in [3.05, 3.63) is 11.8 Å². The molecule has 12 heavy (non-hydrogen) atoms. The minimum absolute atomic E-state index is 0.267. The lowest BCUT2D eigenvalue weighted by atomic mass is 10.3. The van der Waals surface area contributed by atoms with Crippen LogP contribution in [0.5, 0.6) is 0 Å². The van der Waals surface area contributed by atoms with E-state index in [0.717, 1.165) is 6.42 Å². The molecule has 0 fully saturated rings. The summed E-state index contributed by atoms with van der Waals surface area (Å²) < 4.78 is 9.60. The van der Waals surface area contributed by atoms with Crippen molar-refractivity contribution in [1.29, 1.82) is 0 Å². The van der Waals surface area contributed by atoms with Crippen molar-refractivity contribution in [3.63, 3.8) is 0 Å². The van der Waals surface area contributed by atoms with Gasteiger partial charge in [-0.15, -0.1) is 0 Å². The fourth-order valence-electron chi connectivity index (χ4n) is 0.965. The molecule has 0 radical (unpaired) electrons. The summed E-state index contributed by atoms with van der Waals surface area (Å²) >= 11 is 0. The zero-order valence-corrected chi connectivity index (χ0v) is 6.95. The number of esters is 1. The second-order valence-electron chi connectivity index (χ2n) is 2.40. The lowest BCUT2D eigenvalue weighted by molar-refractivity contribution is -0.152. The number of ether oxygens (including phenoxy) is 2. The maximum atomic E-state index is 10.9. The summed E-state index contributed by atoms with van der Waals surface area (Å²) in [4.78, 5) is 10.9. The van der Waals surface area contributed by atoms with E-state index in [1.807, 2.05) is 0 Å². The van der Waals surface area contributed by atoms with Crippen LogP contribution in [0.2, 0.25) is 0 Å². The number of aliphatic hydroxyl groups excluding tert-OH is 1. The molecule has 1 N–H and O–H groups in total. The average Bonchev–Trinajstić information content (AvgIpc) is 2.55. The molecule has 0 bridgehead atoms. The van der Waals surface area contributed by atoms with E-state index in [-0.39, 0.29) is 6.61 Å². The minimum atomic E-state index is -1.24. The van der Waals surface area contributed by atoms with Gasteiger partial charge in [-0.3, -0.25) is 0 Å². The molecule has 1 unspecified atom stereocenters. The molecule has 1 aliphatic rings. The van der Waals surface area contributed by atoms with E-state index in [0.29, 0.717) is 12.4 Å². The molecule has 0 amide bonds. The van der Waals surface area contributed by atoms with Crippen LogP contribution < -0.4 is 0 Å². The molecule has 4 nitrogen and oxygen atoms in total. The van der Waals surface area contributed by atoms with Gasteiger partial charge >= 0.3 is 5.97 Å². The SMILES string of the molecule is CCOC(=O)C(O)C1=CCCO1. The van der Waals surface area contributed by atoms with Crippen LogP contribution in [-0.4, -0.2) is 30.4 Å². The summed E-state index contributed by atoms with van der Waals surface area (Å²) in [6.45, 7) is 2.49. The van der Waals surface area contributed by atoms with Gasteiger partial charge in [0.15, 0.2) is 0 Å². The first-order valence-electron chi connectivity index (χ1n) is 3.93. The zero-order chi connectivity index (χ0) is 8.97. The highest BCUT2D eigenvalue weighted by Gasteiger charge is 2.24. The Morgan fingerprint density at radius 1 is 1.92 bits per heavy atom. The quantitative estimate of drug-likeness (QED) is 0.618. The van der Waals surface area contributed by atoms with Gasteiger partial charge in [-0.25, -0.2) is 4.79 Å². The summed E-state index contributed by atoms with van der Waals surface area (Å²) in [5.74, 6) is -0.334. The second-order valence-corrected chi connectivity index (χ2v) is 2.40. The van der Waals surface area contributed by atoms with Crippen molar-refractivity contribution in [2.75, 3.05) is 13.2 Å². The van der Waals surface area contributed by atoms with Crippen molar-refractivity contribution >= 4 is 5.97 Å². The molecule has 0 aromatic carbocycles. The largest absolute Gasteiger partial charge is 0.495 e. The maximum absolute atomic E-state index is 10.9. The number of hydrogen-bond acceptors (Lipinski definition) is 4. The third-order valence-corrected chi connectivity index (χ3v) is 1.51. The fourth-order valence-corrected chi connectivity index (χ4v) is 0.965. The maximum Gasteiger partial charge on any atom is 0.342 e. The second kappa shape index (κ2) is 4.11. The lowest BCUT2D eigenvalue weighted by Gasteiger charge is -2.10. The number of aliphatic hydroxyl groups is 1. The standard InChI is InChI=1S/C8H12O4/c1-2-11-8(10)7(9)6-4-3-5-12-6/h4,7,9H,2-3,5H2,1H3. The molecule has 0 aliphatic carbocycles. The molecule has 0 aromatic heterocycles. The van der Waals surface area contributed by atoms with Crippen LogP contribution >= 0.6 is 0 Å². The summed E-state index contributed by atoms with van der Waals surface area (Å²) in [7, 11) is 0. The molecule has 0 saturated carbocycles. The van der Waals surface area contributed by atoms with E-state index < -0.39 is 12.1 Å². The predicted molar refractivity (Wildman–Crippen MR) is 41.3 cm³/mol. The van der Waals surface area contributed by atoms with Gasteiger partial charge in [0.25, 0.3) is 0 Å². The van der Waals surface area contributed by atoms with Crippen LogP contribution in [0.25, 0.3) is 0 Å². The van der Waals surface area contributed by atoms with Gasteiger partial charge in [-0.1, -0.05) is 0 Å². The van der Waals surface area contributed by atoms with Gasteiger partial charge in [0.1, 0.15) is 5.76 Å². The number of carbonyl (C=O) groups excluding carboxylic acids is 1. The summed E-state index contributed by atoms with van der Waals surface area (Å²) in [5.41, 5.74) is 0. The molecule has 1 aliphatic heterocycles. The third kappa shape index (κ3) is 1.98. The minimum Gasteiger partial charge on any atom is -0.495 e. The van der Waals surface area contributed by atoms with Crippen LogP contribution in [0.3, 0.4) is 0 Å². The summed E-state index contributed by atoms with van der Waals surface area (Å²) in [6, 6.07) is 0. The van der Waals surface area contributed by atoms with Crippen LogP contribution in [-0.2, 0) is 14.3 Å². The van der Waals surface area contributed by atoms with Gasteiger partial charge in [0, 0.05) is 6.42 Å². The predicted octanol–water partition coefficient (Wildman–Crippen LogP) is 0.215. The van der Waals surface area contributed by atoms with Crippen molar-refractivity contribution in [2.45, 2.75) is 19.4 Å². The Morgan fingerprint density at radius 2 is 2.67 bits per heavy atom. The number of rotatable bonds is 3. The van der Waals surface area contributed by atoms with Crippen molar-refractivity contribution in [2.24, 2.45) is 0 Å². The number of carbonyl (C=O) groups is 1. The molecular formula is C8H12O4. The Bertz CT molecular complexity index is 197. The molecular weight excluding hydrogens is 160 g/mol. The van der Waals surface area contributed by atoms with Crippen LogP contribution in [0.1, 0.15) is 13.3 Å². The highest BCUT2D eigenvalue weighted by molar-refractivity contribution is 5.77. The molecule has 68 valence electrons. The van der Waals surface area contributed by atoms with Crippen molar-refractivity contribution in [1.82, 2.24) is 0 Å². The molecule has 0 spiro atoms. The smallest absolute Gasteiger partial charge is 0.342 e. The zero-order valence-electron chi connectivity index (χ0n) is 6.95. The molecule has 1 atom stereocenters. The topological polar surface area (TPSA) is 55.8 Å². The fraction of sp³-hybridized carbons (Fsp3) is 0.625.